The van der Waals surface area contributed by atoms with Gasteiger partial charge in [0.25, 0.3) is 0 Å². The first-order valence-corrected chi connectivity index (χ1v) is 11.9. The predicted molar refractivity (Wildman–Crippen MR) is 139 cm³/mol. The molecule has 0 aliphatic heterocycles. The molecular weight excluding hydrogens is 424 g/mol. The van der Waals surface area contributed by atoms with Crippen LogP contribution in [0.25, 0.3) is 0 Å². The molecule has 6 nitrogen and oxygen atoms in total. The molecule has 0 saturated heterocycles. The van der Waals surface area contributed by atoms with E-state index >= 15 is 0 Å². The highest BCUT2D eigenvalue weighted by Crippen LogP contribution is 2.13. The second kappa shape index (κ2) is 20.8. The van der Waals surface area contributed by atoms with Crippen LogP contribution in [0.1, 0.15) is 97.4 Å². The zero-order chi connectivity index (χ0) is 26.5. The topological polar surface area (TPSA) is 91.8 Å². The Morgan fingerprint density at radius 2 is 1.21 bits per heavy atom. The molecule has 0 aliphatic carbocycles. The van der Waals surface area contributed by atoms with Crippen LogP contribution in [0, 0.1) is 28.6 Å². The number of hydrogen-bond donors (Lipinski definition) is 0. The molecule has 34 heavy (non-hydrogen) atoms. The summed E-state index contributed by atoms with van der Waals surface area (Å²) in [5.41, 5.74) is 3.26. The maximum atomic E-state index is 8.61. The highest BCUT2D eigenvalue weighted by atomic mass is 16.5. The molecule has 2 aromatic heterocycles. The van der Waals surface area contributed by atoms with Crippen molar-refractivity contribution in [1.29, 1.82) is 10.5 Å². The van der Waals surface area contributed by atoms with Gasteiger partial charge in [-0.15, -0.1) is 0 Å². The average Bonchev–Trinajstić information content (AvgIpc) is 2.78. The maximum absolute atomic E-state index is 8.61. The van der Waals surface area contributed by atoms with Crippen molar-refractivity contribution < 1.29 is 9.47 Å². The normalized spacial score (nSPS) is 9.76. The fourth-order valence-corrected chi connectivity index (χ4v) is 2.06. The fourth-order valence-electron chi connectivity index (χ4n) is 2.06. The van der Waals surface area contributed by atoms with Gasteiger partial charge in [0.15, 0.2) is 0 Å². The summed E-state index contributed by atoms with van der Waals surface area (Å²) in [6.45, 7) is 22.0. The van der Waals surface area contributed by atoms with Crippen LogP contribution in [0.15, 0.2) is 36.9 Å². The van der Waals surface area contributed by atoms with Gasteiger partial charge in [0.2, 0.25) is 0 Å². The monoisotopic (exact) mass is 468 g/mol. The van der Waals surface area contributed by atoms with Crippen LogP contribution in [0.2, 0.25) is 0 Å². The zero-order valence-corrected chi connectivity index (χ0v) is 22.8. The van der Waals surface area contributed by atoms with Gasteiger partial charge in [-0.1, -0.05) is 34.6 Å². The van der Waals surface area contributed by atoms with E-state index in [1.165, 1.54) is 0 Å². The summed E-state index contributed by atoms with van der Waals surface area (Å²) < 4.78 is 10.4. The van der Waals surface area contributed by atoms with E-state index < -0.39 is 0 Å². The number of hydrogen-bond acceptors (Lipinski definition) is 6. The minimum atomic E-state index is 0.200. The molecule has 0 fully saturated rings. The quantitative estimate of drug-likeness (QED) is 0.451. The third-order valence-corrected chi connectivity index (χ3v) is 3.56. The highest BCUT2D eigenvalue weighted by Gasteiger charge is 1.99. The Labute approximate surface area is 208 Å². The lowest BCUT2D eigenvalue weighted by Gasteiger charge is -2.06. The van der Waals surface area contributed by atoms with Crippen molar-refractivity contribution in [1.82, 2.24) is 9.97 Å². The Balaban J connectivity index is 0. The van der Waals surface area contributed by atoms with Gasteiger partial charge in [0, 0.05) is 31.4 Å². The number of pyridine rings is 2. The second-order valence-electron chi connectivity index (χ2n) is 9.06. The van der Waals surface area contributed by atoms with Gasteiger partial charge in [-0.2, -0.15) is 10.5 Å². The highest BCUT2D eigenvalue weighted by molar-refractivity contribution is 5.30. The number of nitriles is 2. The smallest absolute Gasteiger partial charge is 0.101 e. The molecule has 0 radical (unpaired) electrons. The molecule has 188 valence electrons. The molecule has 0 aliphatic rings. The van der Waals surface area contributed by atoms with E-state index in [4.69, 9.17) is 20.0 Å². The Morgan fingerprint density at radius 1 is 0.735 bits per heavy atom. The molecular formula is C28H44N4O2. The summed E-state index contributed by atoms with van der Waals surface area (Å²) in [6, 6.07) is 7.76. The molecule has 2 aromatic rings. The lowest BCUT2D eigenvalue weighted by molar-refractivity contribution is 0.0655. The van der Waals surface area contributed by atoms with Crippen LogP contribution < -0.4 is 0 Å². The Bertz CT molecular complexity index is 847. The molecule has 0 atom stereocenters. The third kappa shape index (κ3) is 21.1. The summed E-state index contributed by atoms with van der Waals surface area (Å²) in [5, 5.41) is 17.2. The van der Waals surface area contributed by atoms with Gasteiger partial charge >= 0.3 is 0 Å². The fraction of sp³-hybridized carbons (Fsp3) is 0.571. The van der Waals surface area contributed by atoms with E-state index in [9.17, 15) is 0 Å². The maximum Gasteiger partial charge on any atom is 0.101 e. The Morgan fingerprint density at radius 3 is 1.59 bits per heavy atom. The van der Waals surface area contributed by atoms with Gasteiger partial charge in [-0.25, -0.2) is 0 Å². The predicted octanol–water partition coefficient (Wildman–Crippen LogP) is 7.05. The molecule has 0 spiro atoms. The van der Waals surface area contributed by atoms with Gasteiger partial charge < -0.3 is 9.47 Å². The first-order valence-electron chi connectivity index (χ1n) is 11.9. The van der Waals surface area contributed by atoms with Gasteiger partial charge in [-0.3, -0.25) is 9.97 Å². The van der Waals surface area contributed by atoms with Crippen LogP contribution >= 0.6 is 0 Å². The van der Waals surface area contributed by atoms with Crippen LogP contribution in [-0.2, 0) is 16.1 Å². The van der Waals surface area contributed by atoms with E-state index in [0.717, 1.165) is 23.7 Å². The van der Waals surface area contributed by atoms with E-state index in [0.29, 0.717) is 29.8 Å². The molecule has 0 saturated carbocycles. The molecule has 2 rings (SSSR count). The standard InChI is InChI=1S/C10H12N2O.C9H10N2.C5H12O.C4H10/c1-8(2)13-7-10-3-9(4-11)5-12-6-10;1-7(2)9-3-8(4-10)5-11-6-9;1-4-6-5(2)3;1-4(2)3/h3,5-6,8H,7H2,1-2H3;3,5-7H,1-2H3;5H,4H2,1-3H3;4H,1-3H3. The molecule has 0 bridgehead atoms. The Kier molecular flexibility index (Phi) is 20.4. The van der Waals surface area contributed by atoms with Crippen LogP contribution in [0.5, 0.6) is 0 Å². The molecule has 2 heterocycles. The number of ether oxygens (including phenoxy) is 2. The van der Waals surface area contributed by atoms with Crippen molar-refractivity contribution in [2.24, 2.45) is 5.92 Å². The third-order valence-electron chi connectivity index (χ3n) is 3.56. The molecule has 0 aromatic carbocycles. The number of nitrogens with zero attached hydrogens (tertiary/aromatic N) is 4. The lowest BCUT2D eigenvalue weighted by atomic mass is 10.0. The summed E-state index contributed by atoms with van der Waals surface area (Å²) >= 11 is 0. The Hall–Kier alpha value is -2.80. The van der Waals surface area contributed by atoms with Gasteiger partial charge in [0.05, 0.1) is 29.9 Å². The summed E-state index contributed by atoms with van der Waals surface area (Å²) in [4.78, 5) is 7.89. The van der Waals surface area contributed by atoms with Gasteiger partial charge in [0.1, 0.15) is 12.1 Å². The van der Waals surface area contributed by atoms with Crippen molar-refractivity contribution in [3.05, 3.63) is 59.2 Å². The van der Waals surface area contributed by atoms with E-state index in [1.807, 2.05) is 46.8 Å². The number of rotatable bonds is 6. The first kappa shape index (κ1) is 33.4. The van der Waals surface area contributed by atoms with Crippen LogP contribution in [0.3, 0.4) is 0 Å². The average molecular weight is 469 g/mol. The lowest BCUT2D eigenvalue weighted by Crippen LogP contribution is -2.02. The van der Waals surface area contributed by atoms with Crippen LogP contribution in [0.4, 0.5) is 0 Å². The summed E-state index contributed by atoms with van der Waals surface area (Å²) in [5.74, 6) is 1.27. The molecule has 6 heteroatoms. The molecule has 0 amide bonds. The SMILES string of the molecule is CC(C)C.CC(C)OCc1cncc(C#N)c1.CC(C)c1cncc(C#N)c1.CCOC(C)C. The van der Waals surface area contributed by atoms with Gasteiger partial charge in [-0.05, 0) is 69.7 Å². The van der Waals surface area contributed by atoms with Crippen molar-refractivity contribution in [2.45, 2.75) is 94.0 Å². The number of aromatic nitrogens is 2. The first-order chi connectivity index (χ1) is 16.0. The van der Waals surface area contributed by atoms with Crippen molar-refractivity contribution in [2.75, 3.05) is 6.61 Å². The summed E-state index contributed by atoms with van der Waals surface area (Å²) in [7, 11) is 0. The van der Waals surface area contributed by atoms with Crippen molar-refractivity contribution in [3.8, 4) is 12.1 Å². The van der Waals surface area contributed by atoms with Crippen LogP contribution in [-0.4, -0.2) is 28.8 Å². The van der Waals surface area contributed by atoms with E-state index in [-0.39, 0.29) is 6.10 Å². The minimum Gasteiger partial charge on any atom is -0.379 e. The molecule has 0 N–H and O–H groups in total. The molecule has 0 unspecified atom stereocenters. The second-order valence-corrected chi connectivity index (χ2v) is 9.06. The zero-order valence-electron chi connectivity index (χ0n) is 22.8. The van der Waals surface area contributed by atoms with Crippen molar-refractivity contribution in [3.63, 3.8) is 0 Å². The van der Waals surface area contributed by atoms with E-state index in [2.05, 4.69) is 50.7 Å². The van der Waals surface area contributed by atoms with Crippen molar-refractivity contribution >= 4 is 0 Å². The largest absolute Gasteiger partial charge is 0.379 e. The summed E-state index contributed by atoms with van der Waals surface area (Å²) in [6.07, 6.45) is 7.22. The minimum absolute atomic E-state index is 0.200. The van der Waals surface area contributed by atoms with E-state index in [1.54, 1.807) is 30.9 Å².